The van der Waals surface area contributed by atoms with E-state index in [-0.39, 0.29) is 23.7 Å². The third-order valence-corrected chi connectivity index (χ3v) is 4.45. The SMILES string of the molecule is C=C[C@H]1O[C@H](C(C)C)[C@@]1(CC(=O)OC)N1CCCC1. The van der Waals surface area contributed by atoms with Crippen LogP contribution in [0.25, 0.3) is 0 Å². The zero-order chi connectivity index (χ0) is 14.0. The Morgan fingerprint density at radius 3 is 2.63 bits per heavy atom. The Kier molecular flexibility index (Phi) is 4.31. The summed E-state index contributed by atoms with van der Waals surface area (Å²) in [5.41, 5.74) is -0.250. The molecule has 0 amide bonds. The number of methoxy groups -OCH3 is 1. The molecule has 4 heteroatoms. The van der Waals surface area contributed by atoms with Crippen molar-refractivity contribution in [3.8, 4) is 0 Å². The largest absolute Gasteiger partial charge is 0.469 e. The predicted octanol–water partition coefficient (Wildman–Crippen LogP) is 1.99. The Balaban J connectivity index is 2.29. The summed E-state index contributed by atoms with van der Waals surface area (Å²) in [4.78, 5) is 14.3. The highest BCUT2D eigenvalue weighted by molar-refractivity contribution is 5.71. The molecule has 0 unspecified atom stereocenters. The fourth-order valence-corrected chi connectivity index (χ4v) is 3.59. The number of carbonyl (C=O) groups is 1. The van der Waals surface area contributed by atoms with E-state index in [1.54, 1.807) is 0 Å². The number of ether oxygens (including phenoxy) is 2. The van der Waals surface area contributed by atoms with Gasteiger partial charge in [-0.2, -0.15) is 0 Å². The van der Waals surface area contributed by atoms with Crippen molar-refractivity contribution >= 4 is 5.97 Å². The fraction of sp³-hybridized carbons (Fsp3) is 0.800. The van der Waals surface area contributed by atoms with Gasteiger partial charge < -0.3 is 9.47 Å². The van der Waals surface area contributed by atoms with Gasteiger partial charge in [0.2, 0.25) is 0 Å². The van der Waals surface area contributed by atoms with Crippen LogP contribution in [-0.4, -0.2) is 48.8 Å². The van der Waals surface area contributed by atoms with E-state index in [9.17, 15) is 4.79 Å². The van der Waals surface area contributed by atoms with Crippen LogP contribution in [0.5, 0.6) is 0 Å². The van der Waals surface area contributed by atoms with E-state index in [2.05, 4.69) is 25.3 Å². The summed E-state index contributed by atoms with van der Waals surface area (Å²) in [7, 11) is 1.45. The van der Waals surface area contributed by atoms with Gasteiger partial charge in [0.25, 0.3) is 0 Å². The molecule has 4 nitrogen and oxygen atoms in total. The molecule has 2 fully saturated rings. The first kappa shape index (κ1) is 14.5. The molecule has 2 saturated heterocycles. The van der Waals surface area contributed by atoms with Gasteiger partial charge in [-0.25, -0.2) is 0 Å². The first-order valence-electron chi connectivity index (χ1n) is 7.16. The van der Waals surface area contributed by atoms with Gasteiger partial charge in [-0.3, -0.25) is 9.69 Å². The van der Waals surface area contributed by atoms with Crippen molar-refractivity contribution in [1.29, 1.82) is 0 Å². The van der Waals surface area contributed by atoms with Crippen LogP contribution >= 0.6 is 0 Å². The summed E-state index contributed by atoms with van der Waals surface area (Å²) in [6, 6.07) is 0. The van der Waals surface area contributed by atoms with Crippen molar-refractivity contribution in [2.45, 2.75) is 50.9 Å². The van der Waals surface area contributed by atoms with E-state index >= 15 is 0 Å². The van der Waals surface area contributed by atoms with Crippen molar-refractivity contribution in [3.05, 3.63) is 12.7 Å². The number of esters is 1. The second-order valence-electron chi connectivity index (χ2n) is 5.90. The maximum Gasteiger partial charge on any atom is 0.307 e. The summed E-state index contributed by atoms with van der Waals surface area (Å²) in [6.45, 7) is 10.2. The van der Waals surface area contributed by atoms with Crippen LogP contribution in [0.1, 0.15) is 33.1 Å². The highest BCUT2D eigenvalue weighted by Gasteiger charge is 2.61. The van der Waals surface area contributed by atoms with E-state index in [1.807, 2.05) is 6.08 Å². The summed E-state index contributed by atoms with van der Waals surface area (Å²) in [6.07, 6.45) is 4.61. The average Bonchev–Trinajstić information content (AvgIpc) is 2.88. The molecule has 0 spiro atoms. The lowest BCUT2D eigenvalue weighted by Gasteiger charge is -2.60. The highest BCUT2D eigenvalue weighted by atomic mass is 16.5. The lowest BCUT2D eigenvalue weighted by atomic mass is 9.71. The van der Waals surface area contributed by atoms with E-state index in [0.717, 1.165) is 13.1 Å². The molecule has 3 atom stereocenters. The molecule has 0 aliphatic carbocycles. The first-order chi connectivity index (χ1) is 9.06. The molecular weight excluding hydrogens is 242 g/mol. The molecule has 0 aromatic rings. The number of hydrogen-bond acceptors (Lipinski definition) is 4. The van der Waals surface area contributed by atoms with Crippen molar-refractivity contribution < 1.29 is 14.3 Å². The summed E-state index contributed by atoms with van der Waals surface area (Å²) < 4.78 is 10.9. The smallest absolute Gasteiger partial charge is 0.307 e. The highest BCUT2D eigenvalue weighted by Crippen LogP contribution is 2.46. The molecule has 2 aliphatic rings. The molecule has 108 valence electrons. The molecule has 2 aliphatic heterocycles. The molecule has 19 heavy (non-hydrogen) atoms. The Labute approximate surface area is 115 Å². The zero-order valence-corrected chi connectivity index (χ0v) is 12.2. The minimum atomic E-state index is -0.250. The van der Waals surface area contributed by atoms with Crippen LogP contribution in [0, 0.1) is 5.92 Å². The summed E-state index contributed by atoms with van der Waals surface area (Å²) >= 11 is 0. The van der Waals surface area contributed by atoms with Gasteiger partial charge in [-0.15, -0.1) is 6.58 Å². The number of rotatable bonds is 5. The monoisotopic (exact) mass is 267 g/mol. The van der Waals surface area contributed by atoms with Crippen LogP contribution in [0.4, 0.5) is 0 Å². The maximum absolute atomic E-state index is 11.9. The molecule has 0 aromatic carbocycles. The van der Waals surface area contributed by atoms with Gasteiger partial charge >= 0.3 is 5.97 Å². The van der Waals surface area contributed by atoms with Crippen LogP contribution in [0.15, 0.2) is 12.7 Å². The summed E-state index contributed by atoms with van der Waals surface area (Å²) in [5, 5.41) is 0. The van der Waals surface area contributed by atoms with Crippen LogP contribution in [-0.2, 0) is 14.3 Å². The third-order valence-electron chi connectivity index (χ3n) is 4.45. The van der Waals surface area contributed by atoms with E-state index in [4.69, 9.17) is 9.47 Å². The van der Waals surface area contributed by atoms with Crippen molar-refractivity contribution in [1.82, 2.24) is 4.90 Å². The minimum Gasteiger partial charge on any atom is -0.469 e. The molecule has 0 radical (unpaired) electrons. The van der Waals surface area contributed by atoms with Gasteiger partial charge in [0.05, 0.1) is 31.3 Å². The lowest BCUT2D eigenvalue weighted by Crippen LogP contribution is -2.74. The Morgan fingerprint density at radius 1 is 1.53 bits per heavy atom. The van der Waals surface area contributed by atoms with Crippen molar-refractivity contribution in [2.75, 3.05) is 20.2 Å². The standard InChI is InChI=1S/C15H25NO3/c1-5-12-15(10-13(17)18-4,14(19-12)11(2)3)16-8-6-7-9-16/h5,11-12,14H,1,6-10H2,2-4H3/t12-,14-,15+/m1/s1. The molecule has 0 N–H and O–H groups in total. The quantitative estimate of drug-likeness (QED) is 0.564. The molecular formula is C15H25NO3. The van der Waals surface area contributed by atoms with Gasteiger partial charge in [0.15, 0.2) is 0 Å². The Hall–Kier alpha value is -0.870. The van der Waals surface area contributed by atoms with Gasteiger partial charge in [-0.05, 0) is 31.8 Å². The van der Waals surface area contributed by atoms with Crippen LogP contribution in [0.2, 0.25) is 0 Å². The second kappa shape index (κ2) is 5.63. The zero-order valence-electron chi connectivity index (χ0n) is 12.2. The minimum absolute atomic E-state index is 0.0721. The first-order valence-corrected chi connectivity index (χ1v) is 7.16. The Bertz CT molecular complexity index is 345. The second-order valence-corrected chi connectivity index (χ2v) is 5.90. The molecule has 0 bridgehead atoms. The number of carbonyl (C=O) groups excluding carboxylic acids is 1. The summed E-state index contributed by atoms with van der Waals surface area (Å²) in [5.74, 6) is 0.217. The van der Waals surface area contributed by atoms with Crippen molar-refractivity contribution in [2.24, 2.45) is 5.92 Å². The fourth-order valence-electron chi connectivity index (χ4n) is 3.59. The maximum atomic E-state index is 11.9. The molecule has 0 aromatic heterocycles. The molecule has 2 heterocycles. The van der Waals surface area contributed by atoms with E-state index < -0.39 is 0 Å². The topological polar surface area (TPSA) is 38.8 Å². The van der Waals surface area contributed by atoms with Gasteiger partial charge in [-0.1, -0.05) is 19.9 Å². The third kappa shape index (κ3) is 2.32. The van der Waals surface area contributed by atoms with Gasteiger partial charge in [0.1, 0.15) is 0 Å². The average molecular weight is 267 g/mol. The number of likely N-dealkylation sites (tertiary alicyclic amines) is 1. The Morgan fingerprint density at radius 2 is 2.16 bits per heavy atom. The normalized spacial score (nSPS) is 35.2. The van der Waals surface area contributed by atoms with E-state index in [0.29, 0.717) is 12.3 Å². The van der Waals surface area contributed by atoms with E-state index in [1.165, 1.54) is 20.0 Å². The number of hydrogen-bond donors (Lipinski definition) is 0. The predicted molar refractivity (Wildman–Crippen MR) is 73.9 cm³/mol. The molecule has 2 rings (SSSR count). The lowest BCUT2D eigenvalue weighted by molar-refractivity contribution is -0.254. The van der Waals surface area contributed by atoms with Gasteiger partial charge in [0, 0.05) is 0 Å². The van der Waals surface area contributed by atoms with Crippen LogP contribution < -0.4 is 0 Å². The van der Waals surface area contributed by atoms with Crippen molar-refractivity contribution in [3.63, 3.8) is 0 Å². The number of nitrogens with zero attached hydrogens (tertiary/aromatic N) is 1. The van der Waals surface area contributed by atoms with Crippen LogP contribution in [0.3, 0.4) is 0 Å². The molecule has 0 saturated carbocycles.